The van der Waals surface area contributed by atoms with Gasteiger partial charge in [-0.25, -0.2) is 0 Å². The molecule has 2 fully saturated rings. The van der Waals surface area contributed by atoms with Gasteiger partial charge in [0.1, 0.15) is 5.75 Å². The predicted octanol–water partition coefficient (Wildman–Crippen LogP) is 2.61. The molecule has 0 unspecified atom stereocenters. The van der Waals surface area contributed by atoms with Crippen LogP contribution < -0.4 is 15.4 Å². The number of benzene rings is 1. The van der Waals surface area contributed by atoms with E-state index < -0.39 is 6.36 Å². The van der Waals surface area contributed by atoms with Crippen molar-refractivity contribution < 1.29 is 32.2 Å². The highest BCUT2D eigenvalue weighted by Gasteiger charge is 2.38. The highest BCUT2D eigenvalue weighted by molar-refractivity contribution is 5.92. The van der Waals surface area contributed by atoms with Crippen molar-refractivity contribution in [1.82, 2.24) is 15.1 Å². The van der Waals surface area contributed by atoms with E-state index in [4.69, 9.17) is 4.74 Å². The van der Waals surface area contributed by atoms with E-state index >= 15 is 0 Å². The van der Waals surface area contributed by atoms with E-state index in [1.54, 1.807) is 11.9 Å². The number of likely N-dealkylation sites (N-methyl/N-ethyl adjacent to an activating group) is 1. The van der Waals surface area contributed by atoms with Crippen LogP contribution >= 0.6 is 0 Å². The van der Waals surface area contributed by atoms with Crippen LogP contribution in [0.2, 0.25) is 0 Å². The van der Waals surface area contributed by atoms with Crippen molar-refractivity contribution in [1.29, 1.82) is 0 Å². The number of nitrogens with zero attached hydrogens (tertiary/aromatic N) is 2. The number of rotatable bonds is 9. The molecule has 1 saturated heterocycles. The summed E-state index contributed by atoms with van der Waals surface area (Å²) in [5.41, 5.74) is 0.303. The molecule has 34 heavy (non-hydrogen) atoms. The zero-order valence-electron chi connectivity index (χ0n) is 19.5. The molecule has 11 heteroatoms. The molecule has 0 aromatic heterocycles. The zero-order valence-corrected chi connectivity index (χ0v) is 19.5. The quantitative estimate of drug-likeness (QED) is 0.559. The second kappa shape index (κ2) is 11.9. The molecule has 1 aliphatic carbocycles. The molecule has 2 amide bonds. The molecule has 8 nitrogen and oxygen atoms in total. The van der Waals surface area contributed by atoms with E-state index in [0.717, 1.165) is 50.9 Å². The SMILES string of the molecule is CN(CC(=O)NCC1(N2CCOCC2)CCCCC1)CC(=O)Nc1ccc(OC(F)(F)F)cc1. The lowest BCUT2D eigenvalue weighted by molar-refractivity contribution is -0.274. The minimum atomic E-state index is -4.77. The molecule has 0 radical (unpaired) electrons. The molecular formula is C23H33F3N4O4. The first-order valence-electron chi connectivity index (χ1n) is 11.6. The average Bonchev–Trinajstić information content (AvgIpc) is 2.79. The number of hydrogen-bond acceptors (Lipinski definition) is 6. The third-order valence-electron chi connectivity index (χ3n) is 6.28. The van der Waals surface area contributed by atoms with Crippen LogP contribution in [0.1, 0.15) is 32.1 Å². The molecule has 1 aromatic carbocycles. The van der Waals surface area contributed by atoms with Crippen molar-refractivity contribution in [3.8, 4) is 5.75 Å². The largest absolute Gasteiger partial charge is 0.573 e. The van der Waals surface area contributed by atoms with Crippen LogP contribution in [0.15, 0.2) is 24.3 Å². The normalized spacial score (nSPS) is 19.0. The minimum absolute atomic E-state index is 0.0321. The Labute approximate surface area is 197 Å². The topological polar surface area (TPSA) is 83.1 Å². The molecule has 1 aliphatic heterocycles. The van der Waals surface area contributed by atoms with E-state index in [1.807, 2.05) is 0 Å². The summed E-state index contributed by atoms with van der Waals surface area (Å²) in [7, 11) is 1.66. The smallest absolute Gasteiger partial charge is 0.406 e. The Morgan fingerprint density at radius 2 is 1.68 bits per heavy atom. The van der Waals surface area contributed by atoms with Gasteiger partial charge in [-0.15, -0.1) is 13.2 Å². The first-order valence-corrected chi connectivity index (χ1v) is 11.6. The first kappa shape index (κ1) is 26.2. The van der Waals surface area contributed by atoms with Gasteiger partial charge in [-0.1, -0.05) is 19.3 Å². The maximum Gasteiger partial charge on any atom is 0.573 e. The lowest BCUT2D eigenvalue weighted by Gasteiger charge is -2.48. The summed E-state index contributed by atoms with van der Waals surface area (Å²) in [6.45, 7) is 3.78. The number of nitrogens with one attached hydrogen (secondary N) is 2. The van der Waals surface area contributed by atoms with Crippen LogP contribution in [0, 0.1) is 0 Å². The Bertz CT molecular complexity index is 807. The molecule has 190 valence electrons. The number of halogens is 3. The number of anilines is 1. The summed E-state index contributed by atoms with van der Waals surface area (Å²) in [4.78, 5) is 28.9. The van der Waals surface area contributed by atoms with Crippen molar-refractivity contribution in [2.75, 3.05) is 58.3 Å². The molecule has 1 aromatic rings. The fourth-order valence-electron chi connectivity index (χ4n) is 4.66. The number of morpholine rings is 1. The van der Waals surface area contributed by atoms with Crippen molar-refractivity contribution in [2.24, 2.45) is 0 Å². The number of carbonyl (C=O) groups excluding carboxylic acids is 2. The monoisotopic (exact) mass is 486 g/mol. The first-order chi connectivity index (χ1) is 16.2. The number of carbonyl (C=O) groups is 2. The lowest BCUT2D eigenvalue weighted by Crippen LogP contribution is -2.60. The Morgan fingerprint density at radius 1 is 1.06 bits per heavy atom. The van der Waals surface area contributed by atoms with Gasteiger partial charge in [-0.3, -0.25) is 19.4 Å². The van der Waals surface area contributed by atoms with Crippen molar-refractivity contribution in [3.63, 3.8) is 0 Å². The summed E-state index contributed by atoms with van der Waals surface area (Å²) in [6, 6.07) is 4.88. The van der Waals surface area contributed by atoms with Crippen LogP contribution in [-0.2, 0) is 14.3 Å². The highest BCUT2D eigenvalue weighted by atomic mass is 19.4. The minimum Gasteiger partial charge on any atom is -0.406 e. The van der Waals surface area contributed by atoms with Gasteiger partial charge in [0.15, 0.2) is 0 Å². The second-order valence-electron chi connectivity index (χ2n) is 8.95. The summed E-state index contributed by atoms with van der Waals surface area (Å²) >= 11 is 0. The van der Waals surface area contributed by atoms with Gasteiger partial charge in [0.05, 0.1) is 26.3 Å². The molecule has 3 rings (SSSR count). The lowest BCUT2D eigenvalue weighted by atomic mass is 9.79. The molecule has 1 heterocycles. The van der Waals surface area contributed by atoms with Crippen LogP contribution in [0.3, 0.4) is 0 Å². The van der Waals surface area contributed by atoms with Crippen LogP contribution in [0.5, 0.6) is 5.75 Å². The third-order valence-corrected chi connectivity index (χ3v) is 6.28. The van der Waals surface area contributed by atoms with Gasteiger partial charge in [0.25, 0.3) is 0 Å². The second-order valence-corrected chi connectivity index (χ2v) is 8.95. The molecule has 1 saturated carbocycles. The molecule has 2 aliphatic rings. The zero-order chi connectivity index (χ0) is 24.6. The predicted molar refractivity (Wildman–Crippen MR) is 120 cm³/mol. The third kappa shape index (κ3) is 8.14. The van der Waals surface area contributed by atoms with Gasteiger partial charge in [-0.2, -0.15) is 0 Å². The Hall–Kier alpha value is -2.37. The molecule has 0 bridgehead atoms. The van der Waals surface area contributed by atoms with Crippen LogP contribution in [-0.4, -0.2) is 86.5 Å². The van der Waals surface area contributed by atoms with E-state index in [2.05, 4.69) is 20.3 Å². The summed E-state index contributed by atoms with van der Waals surface area (Å²) in [6.07, 6.45) is 0.854. The summed E-state index contributed by atoms with van der Waals surface area (Å²) < 4.78 is 46.0. The Kier molecular flexibility index (Phi) is 9.15. The fraction of sp³-hybridized carbons (Fsp3) is 0.652. The average molecular weight is 487 g/mol. The number of alkyl halides is 3. The van der Waals surface area contributed by atoms with E-state index in [0.29, 0.717) is 25.4 Å². The van der Waals surface area contributed by atoms with Gasteiger partial charge in [0, 0.05) is 30.9 Å². The van der Waals surface area contributed by atoms with Crippen molar-refractivity contribution in [2.45, 2.75) is 44.0 Å². The maximum absolute atomic E-state index is 12.6. The summed E-state index contributed by atoms with van der Waals surface area (Å²) in [5.74, 6) is -0.897. The maximum atomic E-state index is 12.6. The van der Waals surface area contributed by atoms with Crippen LogP contribution in [0.4, 0.5) is 18.9 Å². The molecule has 2 N–H and O–H groups in total. The Morgan fingerprint density at radius 3 is 2.29 bits per heavy atom. The number of hydrogen-bond donors (Lipinski definition) is 2. The van der Waals surface area contributed by atoms with Gasteiger partial charge in [0.2, 0.25) is 11.8 Å². The van der Waals surface area contributed by atoms with E-state index in [-0.39, 0.29) is 36.2 Å². The Balaban J connectivity index is 1.43. The van der Waals surface area contributed by atoms with Gasteiger partial charge >= 0.3 is 6.36 Å². The molecular weight excluding hydrogens is 453 g/mol. The number of ether oxygens (including phenoxy) is 2. The van der Waals surface area contributed by atoms with E-state index in [1.165, 1.54) is 18.6 Å². The van der Waals surface area contributed by atoms with Gasteiger partial charge in [-0.05, 0) is 44.2 Å². The standard InChI is InChI=1S/C23H33F3N4O4/c1-29(16-21(32)28-18-5-7-19(8-6-18)34-23(24,25)26)15-20(31)27-17-22(9-3-2-4-10-22)30-11-13-33-14-12-30/h5-8H,2-4,9-17H2,1H3,(H,27,31)(H,28,32). The number of amides is 2. The fourth-order valence-corrected chi connectivity index (χ4v) is 4.66. The van der Waals surface area contributed by atoms with Crippen molar-refractivity contribution in [3.05, 3.63) is 24.3 Å². The molecule has 0 atom stereocenters. The van der Waals surface area contributed by atoms with Crippen molar-refractivity contribution >= 4 is 17.5 Å². The van der Waals surface area contributed by atoms with Gasteiger partial charge < -0.3 is 20.1 Å². The summed E-state index contributed by atoms with van der Waals surface area (Å²) in [5, 5.41) is 5.67. The molecule has 0 spiro atoms. The highest BCUT2D eigenvalue weighted by Crippen LogP contribution is 2.33. The van der Waals surface area contributed by atoms with Crippen LogP contribution in [0.25, 0.3) is 0 Å². The van der Waals surface area contributed by atoms with E-state index in [9.17, 15) is 22.8 Å².